The fourth-order valence-electron chi connectivity index (χ4n) is 5.61. The summed E-state index contributed by atoms with van der Waals surface area (Å²) in [6.07, 6.45) is 2.58. The van der Waals surface area contributed by atoms with Crippen LogP contribution in [0.1, 0.15) is 69.3 Å². The fourth-order valence-corrected chi connectivity index (χ4v) is 5.61. The standard InChI is InChI=1S/C34H31FN4O3/c1-18-30(36-20(3)31(18)39-34(42)27-16-25(27)22-7-5-4-6-8-22)17-28-26-15-23(11-14-29(26)38-33(28)41)32(40)37-19(2)21-9-12-24(35)13-10-21/h4-15,17,19,25,27,36H,16H2,1-3H3,(H,37,40)(H,38,41)(H,39,42)/b28-17-. The Morgan fingerprint density at radius 1 is 1.02 bits per heavy atom. The monoisotopic (exact) mass is 562 g/mol. The van der Waals surface area contributed by atoms with Gasteiger partial charge in [0.1, 0.15) is 5.82 Å². The second kappa shape index (κ2) is 10.8. The number of fused-ring (bicyclic) bond motifs is 1. The van der Waals surface area contributed by atoms with Crippen LogP contribution in [0.5, 0.6) is 0 Å². The number of carbonyl (C=O) groups is 3. The third-order valence-corrected chi connectivity index (χ3v) is 8.15. The van der Waals surface area contributed by atoms with E-state index in [1.165, 1.54) is 17.7 Å². The fraction of sp³-hybridized carbons (Fsp3) is 0.206. The van der Waals surface area contributed by atoms with Crippen molar-refractivity contribution in [2.75, 3.05) is 10.6 Å². The number of aromatic amines is 1. The molecule has 1 aliphatic carbocycles. The molecule has 0 radical (unpaired) electrons. The summed E-state index contributed by atoms with van der Waals surface area (Å²) in [6.45, 7) is 5.62. The summed E-state index contributed by atoms with van der Waals surface area (Å²) >= 11 is 0. The van der Waals surface area contributed by atoms with E-state index in [-0.39, 0.29) is 41.4 Å². The Bertz CT molecular complexity index is 1740. The highest BCUT2D eigenvalue weighted by atomic mass is 19.1. The Labute approximate surface area is 243 Å². The second-order valence-corrected chi connectivity index (χ2v) is 11.0. The third kappa shape index (κ3) is 5.23. The van der Waals surface area contributed by atoms with E-state index in [9.17, 15) is 18.8 Å². The van der Waals surface area contributed by atoms with Crippen molar-refractivity contribution in [3.63, 3.8) is 0 Å². The Morgan fingerprint density at radius 3 is 2.50 bits per heavy atom. The number of amides is 3. The van der Waals surface area contributed by atoms with Gasteiger partial charge in [-0.3, -0.25) is 14.4 Å². The van der Waals surface area contributed by atoms with Crippen molar-refractivity contribution in [1.82, 2.24) is 10.3 Å². The summed E-state index contributed by atoms with van der Waals surface area (Å²) in [5.41, 5.74) is 7.04. The lowest BCUT2D eigenvalue weighted by atomic mass is 10.0. The molecule has 212 valence electrons. The number of carbonyl (C=O) groups excluding carboxylic acids is 3. The number of hydrogen-bond donors (Lipinski definition) is 4. The number of aryl methyl sites for hydroxylation is 1. The van der Waals surface area contributed by atoms with Gasteiger partial charge in [-0.2, -0.15) is 0 Å². The maximum Gasteiger partial charge on any atom is 0.256 e. The zero-order valence-electron chi connectivity index (χ0n) is 23.5. The van der Waals surface area contributed by atoms with Crippen LogP contribution < -0.4 is 16.0 Å². The molecule has 4 aromatic rings. The predicted molar refractivity (Wildman–Crippen MR) is 161 cm³/mol. The van der Waals surface area contributed by atoms with Crippen molar-refractivity contribution in [2.45, 2.75) is 39.2 Å². The molecule has 4 N–H and O–H groups in total. The molecule has 7 nitrogen and oxygen atoms in total. The first kappa shape index (κ1) is 27.2. The molecule has 6 rings (SSSR count). The minimum atomic E-state index is -0.339. The van der Waals surface area contributed by atoms with Gasteiger partial charge < -0.3 is 20.9 Å². The van der Waals surface area contributed by atoms with Crippen molar-refractivity contribution in [1.29, 1.82) is 0 Å². The minimum Gasteiger partial charge on any atom is -0.357 e. The molecule has 1 fully saturated rings. The minimum absolute atomic E-state index is 0.0114. The Hall–Kier alpha value is -4.98. The topological polar surface area (TPSA) is 103 Å². The van der Waals surface area contributed by atoms with Gasteiger partial charge in [-0.1, -0.05) is 42.5 Å². The zero-order valence-corrected chi connectivity index (χ0v) is 23.5. The van der Waals surface area contributed by atoms with Crippen molar-refractivity contribution in [2.24, 2.45) is 5.92 Å². The quantitative estimate of drug-likeness (QED) is 0.194. The molecular weight excluding hydrogens is 531 g/mol. The highest BCUT2D eigenvalue weighted by Crippen LogP contribution is 2.48. The Balaban J connectivity index is 1.20. The number of aromatic nitrogens is 1. The van der Waals surface area contributed by atoms with Crippen molar-refractivity contribution >= 4 is 40.7 Å². The third-order valence-electron chi connectivity index (χ3n) is 8.15. The lowest BCUT2D eigenvalue weighted by molar-refractivity contribution is -0.117. The van der Waals surface area contributed by atoms with Crippen molar-refractivity contribution in [3.05, 3.63) is 118 Å². The van der Waals surface area contributed by atoms with Crippen LogP contribution in [0.4, 0.5) is 15.8 Å². The molecule has 3 amide bonds. The van der Waals surface area contributed by atoms with Gasteiger partial charge in [0.25, 0.3) is 11.8 Å². The molecule has 3 atom stereocenters. The van der Waals surface area contributed by atoms with Gasteiger partial charge in [0.2, 0.25) is 5.91 Å². The van der Waals surface area contributed by atoms with E-state index in [2.05, 4.69) is 33.1 Å². The zero-order chi connectivity index (χ0) is 29.5. The van der Waals surface area contributed by atoms with E-state index >= 15 is 0 Å². The van der Waals surface area contributed by atoms with E-state index in [0.717, 1.165) is 23.2 Å². The molecule has 3 unspecified atom stereocenters. The molecule has 1 aromatic heterocycles. The first-order valence-corrected chi connectivity index (χ1v) is 14.0. The number of benzene rings is 3. The molecule has 8 heteroatoms. The van der Waals surface area contributed by atoms with Crippen LogP contribution >= 0.6 is 0 Å². The predicted octanol–water partition coefficient (Wildman–Crippen LogP) is 6.50. The largest absolute Gasteiger partial charge is 0.357 e. The number of anilines is 2. The van der Waals surface area contributed by atoms with E-state index in [1.54, 1.807) is 36.4 Å². The Kier molecular flexibility index (Phi) is 6.98. The van der Waals surface area contributed by atoms with Crippen LogP contribution in [0.3, 0.4) is 0 Å². The van der Waals surface area contributed by atoms with E-state index in [1.807, 2.05) is 39.0 Å². The molecular formula is C34H31FN4O3. The van der Waals surface area contributed by atoms with E-state index < -0.39 is 0 Å². The van der Waals surface area contributed by atoms with Gasteiger partial charge in [-0.25, -0.2) is 4.39 Å². The molecule has 0 bridgehead atoms. The van der Waals surface area contributed by atoms with Crippen LogP contribution in [0.25, 0.3) is 11.6 Å². The maximum absolute atomic E-state index is 13.3. The van der Waals surface area contributed by atoms with Gasteiger partial charge in [-0.15, -0.1) is 0 Å². The van der Waals surface area contributed by atoms with Crippen LogP contribution in [0.2, 0.25) is 0 Å². The van der Waals surface area contributed by atoms with Crippen LogP contribution in [-0.4, -0.2) is 22.7 Å². The van der Waals surface area contributed by atoms with Crippen molar-refractivity contribution in [3.8, 4) is 0 Å². The first-order chi connectivity index (χ1) is 20.2. The molecule has 1 aliphatic heterocycles. The molecule has 0 saturated heterocycles. The summed E-state index contributed by atoms with van der Waals surface area (Å²) in [7, 11) is 0. The average molecular weight is 563 g/mol. The van der Waals surface area contributed by atoms with Crippen LogP contribution in [0.15, 0.2) is 72.8 Å². The first-order valence-electron chi connectivity index (χ1n) is 14.0. The highest BCUT2D eigenvalue weighted by molar-refractivity contribution is 6.35. The number of nitrogens with one attached hydrogen (secondary N) is 4. The molecule has 0 spiro atoms. The Morgan fingerprint density at radius 2 is 1.76 bits per heavy atom. The summed E-state index contributed by atoms with van der Waals surface area (Å²) in [5.74, 6) is -0.763. The maximum atomic E-state index is 13.3. The molecule has 2 heterocycles. The summed E-state index contributed by atoms with van der Waals surface area (Å²) in [4.78, 5) is 42.4. The number of H-pyrrole nitrogens is 1. The SMILES string of the molecule is Cc1[nH]c(/C=C2\C(=O)Nc3ccc(C(=O)NC(C)c4ccc(F)cc4)cc32)c(C)c1NC(=O)C1CC1c1ccccc1. The summed E-state index contributed by atoms with van der Waals surface area (Å²) in [5, 5.41) is 8.90. The number of halogens is 1. The average Bonchev–Trinajstić information content (AvgIpc) is 3.67. The smallest absolute Gasteiger partial charge is 0.256 e. The molecule has 3 aromatic carbocycles. The summed E-state index contributed by atoms with van der Waals surface area (Å²) in [6, 6.07) is 20.8. The van der Waals surface area contributed by atoms with Gasteiger partial charge in [0.15, 0.2) is 0 Å². The lowest BCUT2D eigenvalue weighted by Crippen LogP contribution is -2.26. The van der Waals surface area contributed by atoms with Gasteiger partial charge in [0, 0.05) is 34.1 Å². The van der Waals surface area contributed by atoms with Gasteiger partial charge >= 0.3 is 0 Å². The van der Waals surface area contributed by atoms with Crippen LogP contribution in [-0.2, 0) is 9.59 Å². The highest BCUT2D eigenvalue weighted by Gasteiger charge is 2.44. The summed E-state index contributed by atoms with van der Waals surface area (Å²) < 4.78 is 13.3. The molecule has 1 saturated carbocycles. The van der Waals surface area contributed by atoms with Gasteiger partial charge in [0.05, 0.1) is 17.3 Å². The number of hydrogen-bond acceptors (Lipinski definition) is 3. The lowest BCUT2D eigenvalue weighted by Gasteiger charge is -2.15. The second-order valence-electron chi connectivity index (χ2n) is 11.0. The number of rotatable bonds is 7. The van der Waals surface area contributed by atoms with Gasteiger partial charge in [-0.05, 0) is 86.2 Å². The normalized spacial score (nSPS) is 18.8. The molecule has 2 aliphatic rings. The van der Waals surface area contributed by atoms with Crippen molar-refractivity contribution < 1.29 is 18.8 Å². The van der Waals surface area contributed by atoms with Crippen LogP contribution in [0, 0.1) is 25.6 Å². The van der Waals surface area contributed by atoms with E-state index in [0.29, 0.717) is 33.8 Å². The molecule has 42 heavy (non-hydrogen) atoms. The van der Waals surface area contributed by atoms with E-state index in [4.69, 9.17) is 0 Å².